The van der Waals surface area contributed by atoms with E-state index in [4.69, 9.17) is 9.47 Å². The predicted octanol–water partition coefficient (Wildman–Crippen LogP) is 4.60. The smallest absolute Gasteiger partial charge is 0.273 e. The molecular weight excluding hydrogens is 472 g/mol. The number of amides is 1. The maximum Gasteiger partial charge on any atom is 0.273 e. The van der Waals surface area contributed by atoms with Gasteiger partial charge in [-0.3, -0.25) is 9.69 Å². The summed E-state index contributed by atoms with van der Waals surface area (Å²) in [5, 5.41) is 2.55. The third-order valence-electron chi connectivity index (χ3n) is 6.43. The van der Waals surface area contributed by atoms with Crippen LogP contribution < -0.4 is 0 Å². The second-order valence-corrected chi connectivity index (χ2v) is 9.83. The first-order valence-corrected chi connectivity index (χ1v) is 12.6. The number of aromatic nitrogens is 1. The standard InChI is InChI=1S/C26H27F2N3O3S/c27-21-7-5-19(6-8-21)15-30(16-20-3-1-2-4-22(20)28)17-24-29-23(18-35-24)25(32)31-11-9-26(10-12-31)33-13-14-34-26/h1-8,18H,9-17H2. The van der Waals surface area contributed by atoms with Gasteiger partial charge < -0.3 is 14.4 Å². The van der Waals surface area contributed by atoms with E-state index in [-0.39, 0.29) is 17.5 Å². The van der Waals surface area contributed by atoms with Crippen molar-refractivity contribution in [2.75, 3.05) is 26.3 Å². The molecule has 1 spiro atoms. The Labute approximate surface area is 207 Å². The van der Waals surface area contributed by atoms with Crippen LogP contribution in [0.25, 0.3) is 0 Å². The number of hydrogen-bond acceptors (Lipinski definition) is 6. The van der Waals surface area contributed by atoms with Gasteiger partial charge in [-0.25, -0.2) is 13.8 Å². The topological polar surface area (TPSA) is 54.9 Å². The number of ether oxygens (including phenoxy) is 2. The highest BCUT2D eigenvalue weighted by Crippen LogP contribution is 2.32. The SMILES string of the molecule is O=C(c1csc(CN(Cc2ccc(F)cc2)Cc2ccccc2F)n1)N1CCC2(CC1)OCCO2. The minimum atomic E-state index is -0.530. The summed E-state index contributed by atoms with van der Waals surface area (Å²) >= 11 is 1.41. The number of carbonyl (C=O) groups is 1. The molecule has 0 N–H and O–H groups in total. The van der Waals surface area contributed by atoms with Gasteiger partial charge in [0.2, 0.25) is 0 Å². The molecule has 0 unspecified atom stereocenters. The number of benzene rings is 2. The van der Waals surface area contributed by atoms with Gasteiger partial charge in [0.1, 0.15) is 22.3 Å². The molecule has 0 atom stereocenters. The van der Waals surface area contributed by atoms with Crippen molar-refractivity contribution < 1.29 is 23.0 Å². The van der Waals surface area contributed by atoms with E-state index < -0.39 is 5.79 Å². The van der Waals surface area contributed by atoms with E-state index in [0.29, 0.717) is 70.0 Å². The zero-order chi connectivity index (χ0) is 24.3. The van der Waals surface area contributed by atoms with Crippen LogP contribution in [0, 0.1) is 11.6 Å². The monoisotopic (exact) mass is 499 g/mol. The lowest BCUT2D eigenvalue weighted by Crippen LogP contribution is -2.47. The van der Waals surface area contributed by atoms with Crippen LogP contribution in [0.1, 0.15) is 39.5 Å². The Morgan fingerprint density at radius 1 is 1.00 bits per heavy atom. The molecule has 0 bridgehead atoms. The van der Waals surface area contributed by atoms with Gasteiger partial charge in [-0.05, 0) is 23.8 Å². The van der Waals surface area contributed by atoms with Crippen molar-refractivity contribution in [3.8, 4) is 0 Å². The fourth-order valence-corrected chi connectivity index (χ4v) is 5.36. The van der Waals surface area contributed by atoms with Gasteiger partial charge in [0, 0.05) is 50.0 Å². The number of halogens is 2. The van der Waals surface area contributed by atoms with Crippen LogP contribution in [-0.2, 0) is 29.1 Å². The molecule has 2 aliphatic rings. The molecule has 3 aromatic rings. The van der Waals surface area contributed by atoms with E-state index in [1.807, 2.05) is 4.90 Å². The van der Waals surface area contributed by atoms with Crippen LogP contribution in [0.2, 0.25) is 0 Å². The van der Waals surface area contributed by atoms with Gasteiger partial charge >= 0.3 is 0 Å². The van der Waals surface area contributed by atoms with Gasteiger partial charge in [0.15, 0.2) is 5.79 Å². The third kappa shape index (κ3) is 5.75. The molecular formula is C26H27F2N3O3S. The molecule has 2 aliphatic heterocycles. The van der Waals surface area contributed by atoms with Crippen LogP contribution in [-0.4, -0.2) is 52.8 Å². The Kier molecular flexibility index (Phi) is 7.19. The molecule has 2 fully saturated rings. The van der Waals surface area contributed by atoms with Crippen LogP contribution in [0.4, 0.5) is 8.78 Å². The molecule has 5 rings (SSSR count). The lowest BCUT2D eigenvalue weighted by molar-refractivity contribution is -0.181. The van der Waals surface area contributed by atoms with E-state index >= 15 is 0 Å². The zero-order valence-corrected chi connectivity index (χ0v) is 20.1. The fraction of sp³-hybridized carbons (Fsp3) is 0.385. The van der Waals surface area contributed by atoms with Gasteiger partial charge in [-0.1, -0.05) is 30.3 Å². The first-order chi connectivity index (χ1) is 17.0. The van der Waals surface area contributed by atoms with Crippen molar-refractivity contribution in [1.82, 2.24) is 14.8 Å². The number of hydrogen-bond donors (Lipinski definition) is 0. The number of rotatable bonds is 7. The fourth-order valence-electron chi connectivity index (χ4n) is 4.55. The second-order valence-electron chi connectivity index (χ2n) is 8.89. The van der Waals surface area contributed by atoms with Crippen molar-refractivity contribution in [2.45, 2.75) is 38.3 Å². The van der Waals surface area contributed by atoms with Crippen LogP contribution >= 0.6 is 11.3 Å². The van der Waals surface area contributed by atoms with Crippen molar-refractivity contribution in [3.63, 3.8) is 0 Å². The molecule has 184 valence electrons. The predicted molar refractivity (Wildman–Crippen MR) is 128 cm³/mol. The third-order valence-corrected chi connectivity index (χ3v) is 7.26. The number of carbonyl (C=O) groups excluding carboxylic acids is 1. The summed E-state index contributed by atoms with van der Waals surface area (Å²) in [6, 6.07) is 12.9. The van der Waals surface area contributed by atoms with E-state index in [1.165, 1.54) is 29.5 Å². The quantitative estimate of drug-likeness (QED) is 0.476. The summed E-state index contributed by atoms with van der Waals surface area (Å²) in [7, 11) is 0. The van der Waals surface area contributed by atoms with E-state index in [1.54, 1.807) is 40.6 Å². The number of piperidine rings is 1. The van der Waals surface area contributed by atoms with E-state index in [9.17, 15) is 13.6 Å². The number of thiazole rings is 1. The molecule has 0 saturated carbocycles. The molecule has 0 radical (unpaired) electrons. The maximum atomic E-state index is 14.3. The molecule has 9 heteroatoms. The first kappa shape index (κ1) is 24.0. The highest BCUT2D eigenvalue weighted by molar-refractivity contribution is 7.09. The molecule has 1 amide bonds. The Balaban J connectivity index is 1.26. The lowest BCUT2D eigenvalue weighted by atomic mass is 10.0. The number of nitrogens with zero attached hydrogens (tertiary/aromatic N) is 3. The second kappa shape index (κ2) is 10.5. The highest BCUT2D eigenvalue weighted by atomic mass is 32.1. The highest BCUT2D eigenvalue weighted by Gasteiger charge is 2.41. The molecule has 2 saturated heterocycles. The Hall–Kier alpha value is -2.72. The van der Waals surface area contributed by atoms with Crippen molar-refractivity contribution in [2.24, 2.45) is 0 Å². The number of likely N-dealkylation sites (tertiary alicyclic amines) is 1. The van der Waals surface area contributed by atoms with Crippen molar-refractivity contribution in [3.05, 3.63) is 87.4 Å². The summed E-state index contributed by atoms with van der Waals surface area (Å²) in [5.74, 6) is -1.20. The summed E-state index contributed by atoms with van der Waals surface area (Å²) < 4.78 is 39.2. The Morgan fingerprint density at radius 3 is 2.43 bits per heavy atom. The van der Waals surface area contributed by atoms with Gasteiger partial charge in [0.25, 0.3) is 5.91 Å². The van der Waals surface area contributed by atoms with Gasteiger partial charge in [-0.2, -0.15) is 0 Å². The van der Waals surface area contributed by atoms with E-state index in [0.717, 1.165) is 10.6 Å². The van der Waals surface area contributed by atoms with Gasteiger partial charge in [-0.15, -0.1) is 11.3 Å². The average molecular weight is 500 g/mol. The molecule has 6 nitrogen and oxygen atoms in total. The normalized spacial score (nSPS) is 17.4. The summed E-state index contributed by atoms with van der Waals surface area (Å²) in [6.45, 7) is 3.63. The largest absolute Gasteiger partial charge is 0.347 e. The Bertz CT molecular complexity index is 1150. The van der Waals surface area contributed by atoms with Crippen LogP contribution in [0.15, 0.2) is 53.9 Å². The van der Waals surface area contributed by atoms with Gasteiger partial charge in [0.05, 0.1) is 19.8 Å². The average Bonchev–Trinajstić information content (AvgIpc) is 3.52. The maximum absolute atomic E-state index is 14.3. The summed E-state index contributed by atoms with van der Waals surface area (Å²) in [6.07, 6.45) is 1.31. The van der Waals surface area contributed by atoms with E-state index in [2.05, 4.69) is 4.98 Å². The van der Waals surface area contributed by atoms with Crippen LogP contribution in [0.3, 0.4) is 0 Å². The van der Waals surface area contributed by atoms with Crippen molar-refractivity contribution >= 4 is 17.2 Å². The summed E-state index contributed by atoms with van der Waals surface area (Å²) in [4.78, 5) is 21.5. The molecule has 1 aromatic heterocycles. The zero-order valence-electron chi connectivity index (χ0n) is 19.3. The lowest BCUT2D eigenvalue weighted by Gasteiger charge is -2.37. The Morgan fingerprint density at radius 2 is 1.71 bits per heavy atom. The minimum absolute atomic E-state index is 0.0977. The molecule has 35 heavy (non-hydrogen) atoms. The molecule has 0 aliphatic carbocycles. The molecule has 3 heterocycles. The molecule has 2 aromatic carbocycles. The van der Waals surface area contributed by atoms with Crippen molar-refractivity contribution in [1.29, 1.82) is 0 Å². The van der Waals surface area contributed by atoms with Crippen LogP contribution in [0.5, 0.6) is 0 Å². The minimum Gasteiger partial charge on any atom is -0.347 e. The first-order valence-electron chi connectivity index (χ1n) is 11.7. The summed E-state index contributed by atoms with van der Waals surface area (Å²) in [5.41, 5.74) is 1.90.